The molecular formula is C17H22N4O3. The molecule has 0 bridgehead atoms. The predicted molar refractivity (Wildman–Crippen MR) is 88.7 cm³/mol. The number of furan rings is 1. The summed E-state index contributed by atoms with van der Waals surface area (Å²) in [7, 11) is 3.79. The summed E-state index contributed by atoms with van der Waals surface area (Å²) < 4.78 is 11.1. The molecule has 0 aliphatic carbocycles. The minimum Gasteiger partial charge on any atom is -0.469 e. The van der Waals surface area contributed by atoms with E-state index in [2.05, 4.69) is 9.97 Å². The van der Waals surface area contributed by atoms with Gasteiger partial charge in [0.25, 0.3) is 0 Å². The minimum atomic E-state index is -0.215. The van der Waals surface area contributed by atoms with Crippen LogP contribution in [-0.4, -0.2) is 54.6 Å². The second-order valence-corrected chi connectivity index (χ2v) is 5.95. The van der Waals surface area contributed by atoms with Gasteiger partial charge in [0.1, 0.15) is 11.9 Å². The fourth-order valence-corrected chi connectivity index (χ4v) is 2.65. The van der Waals surface area contributed by atoms with E-state index in [9.17, 15) is 4.79 Å². The van der Waals surface area contributed by atoms with Crippen LogP contribution in [0.1, 0.15) is 24.0 Å². The molecule has 1 atom stereocenters. The molecule has 3 rings (SSSR count). The Balaban J connectivity index is 1.61. The molecule has 0 N–H and O–H groups in total. The molecule has 0 radical (unpaired) electrons. The summed E-state index contributed by atoms with van der Waals surface area (Å²) in [4.78, 5) is 24.8. The highest BCUT2D eigenvalue weighted by atomic mass is 16.5. The maximum atomic E-state index is 12.4. The molecule has 1 fully saturated rings. The van der Waals surface area contributed by atoms with Gasteiger partial charge in [-0.05, 0) is 18.2 Å². The van der Waals surface area contributed by atoms with Gasteiger partial charge < -0.3 is 19.0 Å². The monoisotopic (exact) mass is 330 g/mol. The highest BCUT2D eigenvalue weighted by Gasteiger charge is 2.26. The predicted octanol–water partition coefficient (Wildman–Crippen LogP) is 1.67. The first kappa shape index (κ1) is 16.4. The van der Waals surface area contributed by atoms with E-state index < -0.39 is 0 Å². The fourth-order valence-electron chi connectivity index (χ4n) is 2.65. The summed E-state index contributed by atoms with van der Waals surface area (Å²) in [5.41, 5.74) is 0.803. The van der Waals surface area contributed by atoms with Crippen molar-refractivity contribution in [1.82, 2.24) is 14.9 Å². The van der Waals surface area contributed by atoms with E-state index in [1.54, 1.807) is 12.5 Å². The number of hydrogen-bond acceptors (Lipinski definition) is 6. The molecule has 7 nitrogen and oxygen atoms in total. The van der Waals surface area contributed by atoms with Crippen LogP contribution >= 0.6 is 0 Å². The van der Waals surface area contributed by atoms with Crippen molar-refractivity contribution in [2.45, 2.75) is 18.9 Å². The van der Waals surface area contributed by atoms with Crippen molar-refractivity contribution in [2.75, 3.05) is 38.7 Å². The van der Waals surface area contributed by atoms with Gasteiger partial charge >= 0.3 is 0 Å². The third kappa shape index (κ3) is 3.91. The lowest BCUT2D eigenvalue weighted by Crippen LogP contribution is -2.42. The van der Waals surface area contributed by atoms with E-state index in [0.717, 1.165) is 11.5 Å². The zero-order valence-corrected chi connectivity index (χ0v) is 14.0. The van der Waals surface area contributed by atoms with E-state index in [-0.39, 0.29) is 12.0 Å². The number of nitrogens with zero attached hydrogens (tertiary/aromatic N) is 4. The van der Waals surface area contributed by atoms with Crippen molar-refractivity contribution in [2.24, 2.45) is 0 Å². The summed E-state index contributed by atoms with van der Waals surface area (Å²) in [6, 6.07) is 5.57. The van der Waals surface area contributed by atoms with E-state index in [1.165, 1.54) is 0 Å². The highest BCUT2D eigenvalue weighted by molar-refractivity contribution is 5.76. The standard InChI is InChI=1S/C17H22N4O3/c1-20(2)17-18-8-7-14(19-17)15-12-21(9-11-24-15)16(22)6-5-13-4-3-10-23-13/h3-4,7-8,10,15H,5-6,9,11-12H2,1-2H3. The summed E-state index contributed by atoms with van der Waals surface area (Å²) in [6.45, 7) is 1.64. The molecule has 7 heteroatoms. The number of carbonyl (C=O) groups excluding carboxylic acids is 1. The molecule has 1 aliphatic rings. The first-order valence-corrected chi connectivity index (χ1v) is 8.05. The van der Waals surface area contributed by atoms with Gasteiger partial charge in [-0.3, -0.25) is 4.79 Å². The zero-order valence-electron chi connectivity index (χ0n) is 14.0. The van der Waals surface area contributed by atoms with Gasteiger partial charge in [0.2, 0.25) is 11.9 Å². The Morgan fingerprint density at radius 1 is 1.42 bits per heavy atom. The SMILES string of the molecule is CN(C)c1nccc(C2CN(C(=O)CCc3ccco3)CCO2)n1. The quantitative estimate of drug-likeness (QED) is 0.830. The molecule has 2 aromatic rings. The van der Waals surface area contributed by atoms with Gasteiger partial charge in [-0.15, -0.1) is 0 Å². The number of amides is 1. The van der Waals surface area contributed by atoms with E-state index in [4.69, 9.17) is 9.15 Å². The Hall–Kier alpha value is -2.41. The summed E-state index contributed by atoms with van der Waals surface area (Å²) in [5.74, 6) is 1.58. The van der Waals surface area contributed by atoms with Crippen LogP contribution in [0.15, 0.2) is 35.1 Å². The molecule has 0 aromatic carbocycles. The van der Waals surface area contributed by atoms with Gasteiger partial charge in [0.05, 0.1) is 25.1 Å². The van der Waals surface area contributed by atoms with E-state index in [0.29, 0.717) is 38.5 Å². The first-order valence-electron chi connectivity index (χ1n) is 8.05. The Bertz CT molecular complexity index is 672. The van der Waals surface area contributed by atoms with Crippen molar-refractivity contribution < 1.29 is 13.9 Å². The first-order chi connectivity index (χ1) is 11.6. The highest BCUT2D eigenvalue weighted by Crippen LogP contribution is 2.22. The molecule has 0 saturated carbocycles. The number of aryl methyl sites for hydroxylation is 1. The third-order valence-corrected chi connectivity index (χ3v) is 3.98. The molecule has 0 spiro atoms. The maximum absolute atomic E-state index is 12.4. The molecule has 1 saturated heterocycles. The van der Waals surface area contributed by atoms with Crippen molar-refractivity contribution in [3.63, 3.8) is 0 Å². The molecule has 2 aromatic heterocycles. The lowest BCUT2D eigenvalue weighted by Gasteiger charge is -2.33. The number of hydrogen-bond donors (Lipinski definition) is 0. The molecule has 1 aliphatic heterocycles. The van der Waals surface area contributed by atoms with Crippen LogP contribution in [-0.2, 0) is 16.0 Å². The second kappa shape index (κ2) is 7.44. The summed E-state index contributed by atoms with van der Waals surface area (Å²) in [6.07, 6.45) is 4.19. The van der Waals surface area contributed by atoms with Crippen LogP contribution in [0.25, 0.3) is 0 Å². The molecule has 3 heterocycles. The van der Waals surface area contributed by atoms with Crippen LogP contribution < -0.4 is 4.90 Å². The van der Waals surface area contributed by atoms with Crippen LogP contribution in [0.5, 0.6) is 0 Å². The molecular weight excluding hydrogens is 308 g/mol. The maximum Gasteiger partial charge on any atom is 0.225 e. The lowest BCUT2D eigenvalue weighted by atomic mass is 10.1. The second-order valence-electron chi connectivity index (χ2n) is 5.95. The van der Waals surface area contributed by atoms with Gasteiger partial charge in [0, 0.05) is 39.7 Å². The van der Waals surface area contributed by atoms with Crippen LogP contribution in [0, 0.1) is 0 Å². The van der Waals surface area contributed by atoms with Crippen molar-refractivity contribution >= 4 is 11.9 Å². The zero-order chi connectivity index (χ0) is 16.9. The largest absolute Gasteiger partial charge is 0.469 e. The summed E-state index contributed by atoms with van der Waals surface area (Å²) >= 11 is 0. The number of rotatable bonds is 5. The molecule has 1 unspecified atom stereocenters. The van der Waals surface area contributed by atoms with Crippen LogP contribution in [0.2, 0.25) is 0 Å². The third-order valence-electron chi connectivity index (χ3n) is 3.98. The number of aromatic nitrogens is 2. The average Bonchev–Trinajstić information content (AvgIpc) is 3.13. The Morgan fingerprint density at radius 3 is 3.04 bits per heavy atom. The van der Waals surface area contributed by atoms with Gasteiger partial charge in [-0.25, -0.2) is 9.97 Å². The molecule has 24 heavy (non-hydrogen) atoms. The van der Waals surface area contributed by atoms with Gasteiger partial charge in [-0.1, -0.05) is 0 Å². The van der Waals surface area contributed by atoms with Crippen molar-refractivity contribution in [3.05, 3.63) is 42.1 Å². The number of carbonyl (C=O) groups is 1. The topological polar surface area (TPSA) is 71.7 Å². The normalized spacial score (nSPS) is 17.8. The number of ether oxygens (including phenoxy) is 1. The Kier molecular flexibility index (Phi) is 5.10. The Labute approximate surface area is 141 Å². The van der Waals surface area contributed by atoms with Crippen LogP contribution in [0.3, 0.4) is 0 Å². The lowest BCUT2D eigenvalue weighted by molar-refractivity contribution is -0.139. The average molecular weight is 330 g/mol. The van der Waals surface area contributed by atoms with E-state index in [1.807, 2.05) is 42.1 Å². The molecule has 1 amide bonds. The van der Waals surface area contributed by atoms with Crippen molar-refractivity contribution in [3.8, 4) is 0 Å². The minimum absolute atomic E-state index is 0.113. The number of morpholine rings is 1. The Morgan fingerprint density at radius 2 is 2.29 bits per heavy atom. The van der Waals surface area contributed by atoms with E-state index >= 15 is 0 Å². The number of anilines is 1. The summed E-state index contributed by atoms with van der Waals surface area (Å²) in [5, 5.41) is 0. The van der Waals surface area contributed by atoms with Crippen molar-refractivity contribution in [1.29, 1.82) is 0 Å². The smallest absolute Gasteiger partial charge is 0.225 e. The van der Waals surface area contributed by atoms with Crippen LogP contribution in [0.4, 0.5) is 5.95 Å². The van der Waals surface area contributed by atoms with Gasteiger partial charge in [-0.2, -0.15) is 0 Å². The van der Waals surface area contributed by atoms with Gasteiger partial charge in [0.15, 0.2) is 0 Å². The fraction of sp³-hybridized carbons (Fsp3) is 0.471. The molecule has 128 valence electrons.